The number of hydrazone groups is 1. The van der Waals surface area contributed by atoms with Crippen molar-refractivity contribution in [2.75, 3.05) is 0 Å². The molecule has 2 aromatic carbocycles. The average Bonchev–Trinajstić information content (AvgIpc) is 2.89. The summed E-state index contributed by atoms with van der Waals surface area (Å²) in [4.78, 5) is 26.5. The van der Waals surface area contributed by atoms with Crippen LogP contribution >= 0.6 is 11.6 Å². The standard InChI is InChI=1S/C17H12ClFN4O2/c18-15-14(23(17(25)21-15)13-4-2-1-3-5-13)10-20-22-16(24)11-6-8-12(19)9-7-11/h1-10H,(H,21,25)(H,22,24). The number of carbonyl (C=O) groups is 1. The second-order valence-electron chi connectivity index (χ2n) is 5.01. The number of hydrogen-bond donors (Lipinski definition) is 2. The van der Waals surface area contributed by atoms with Crippen molar-refractivity contribution in [2.45, 2.75) is 0 Å². The molecule has 0 atom stereocenters. The smallest absolute Gasteiger partial charge is 0.296 e. The number of para-hydroxylation sites is 1. The number of nitrogens with one attached hydrogen (secondary N) is 2. The van der Waals surface area contributed by atoms with E-state index >= 15 is 0 Å². The first kappa shape index (κ1) is 16.7. The Balaban J connectivity index is 1.83. The number of hydrogen-bond acceptors (Lipinski definition) is 3. The Morgan fingerprint density at radius 3 is 2.52 bits per heavy atom. The molecule has 0 radical (unpaired) electrons. The highest BCUT2D eigenvalue weighted by atomic mass is 35.5. The predicted molar refractivity (Wildman–Crippen MR) is 92.9 cm³/mol. The summed E-state index contributed by atoms with van der Waals surface area (Å²) in [6.45, 7) is 0. The summed E-state index contributed by atoms with van der Waals surface area (Å²) in [5.41, 5.74) is 3.01. The molecule has 1 amide bonds. The molecule has 3 rings (SSSR count). The number of rotatable bonds is 4. The lowest BCUT2D eigenvalue weighted by molar-refractivity contribution is 0.0955. The van der Waals surface area contributed by atoms with Gasteiger partial charge in [-0.05, 0) is 36.4 Å². The van der Waals surface area contributed by atoms with Crippen molar-refractivity contribution in [3.63, 3.8) is 0 Å². The van der Waals surface area contributed by atoms with Crippen LogP contribution in [0.4, 0.5) is 4.39 Å². The quantitative estimate of drug-likeness (QED) is 0.555. The lowest BCUT2D eigenvalue weighted by Crippen LogP contribution is -2.19. The van der Waals surface area contributed by atoms with E-state index in [0.29, 0.717) is 5.69 Å². The van der Waals surface area contributed by atoms with Crippen LogP contribution in [-0.2, 0) is 0 Å². The monoisotopic (exact) mass is 358 g/mol. The summed E-state index contributed by atoms with van der Waals surface area (Å²) in [6, 6.07) is 13.9. The van der Waals surface area contributed by atoms with Gasteiger partial charge in [0.25, 0.3) is 5.91 Å². The van der Waals surface area contributed by atoms with Crippen LogP contribution in [0.5, 0.6) is 0 Å². The van der Waals surface area contributed by atoms with Crippen LogP contribution in [0.3, 0.4) is 0 Å². The normalized spacial score (nSPS) is 11.0. The minimum Gasteiger partial charge on any atom is -0.296 e. The van der Waals surface area contributed by atoms with Crippen molar-refractivity contribution < 1.29 is 9.18 Å². The Morgan fingerprint density at radius 1 is 1.16 bits per heavy atom. The van der Waals surface area contributed by atoms with E-state index in [4.69, 9.17) is 11.6 Å². The van der Waals surface area contributed by atoms with Crippen molar-refractivity contribution in [1.82, 2.24) is 15.0 Å². The minimum absolute atomic E-state index is 0.0913. The summed E-state index contributed by atoms with van der Waals surface area (Å²) in [5, 5.41) is 3.91. The van der Waals surface area contributed by atoms with Gasteiger partial charge in [0.2, 0.25) is 0 Å². The number of benzene rings is 2. The van der Waals surface area contributed by atoms with Gasteiger partial charge in [0.1, 0.15) is 16.7 Å². The van der Waals surface area contributed by atoms with Crippen LogP contribution in [-0.4, -0.2) is 21.7 Å². The van der Waals surface area contributed by atoms with Crippen molar-refractivity contribution in [3.8, 4) is 5.69 Å². The number of H-pyrrole nitrogens is 1. The molecule has 6 nitrogen and oxygen atoms in total. The summed E-state index contributed by atoms with van der Waals surface area (Å²) in [7, 11) is 0. The molecule has 0 fully saturated rings. The van der Waals surface area contributed by atoms with Gasteiger partial charge in [-0.25, -0.2) is 14.6 Å². The molecule has 0 aliphatic rings. The average molecular weight is 359 g/mol. The summed E-state index contributed by atoms with van der Waals surface area (Å²) in [5.74, 6) is -0.956. The zero-order valence-electron chi connectivity index (χ0n) is 12.7. The van der Waals surface area contributed by atoms with Gasteiger partial charge in [0.15, 0.2) is 0 Å². The Morgan fingerprint density at radius 2 is 1.84 bits per heavy atom. The van der Waals surface area contributed by atoms with E-state index in [1.807, 2.05) is 6.07 Å². The highest BCUT2D eigenvalue weighted by Gasteiger charge is 2.12. The summed E-state index contributed by atoms with van der Waals surface area (Å²) >= 11 is 6.03. The van der Waals surface area contributed by atoms with Crippen molar-refractivity contribution >= 4 is 23.7 Å². The maximum absolute atomic E-state index is 12.9. The summed E-state index contributed by atoms with van der Waals surface area (Å²) < 4.78 is 14.2. The zero-order chi connectivity index (χ0) is 17.8. The fourth-order valence-corrected chi connectivity index (χ4v) is 2.40. The predicted octanol–water partition coefficient (Wildman–Crippen LogP) is 2.72. The van der Waals surface area contributed by atoms with Crippen LogP contribution in [0.2, 0.25) is 5.15 Å². The molecule has 0 spiro atoms. The van der Waals surface area contributed by atoms with Crippen LogP contribution in [0.25, 0.3) is 5.69 Å². The van der Waals surface area contributed by atoms with Crippen LogP contribution in [0.15, 0.2) is 64.5 Å². The molecule has 0 aliphatic heterocycles. The number of nitrogens with zero attached hydrogens (tertiary/aromatic N) is 2. The number of aromatic amines is 1. The SMILES string of the molecule is O=C(NN=Cc1c(Cl)[nH]c(=O)n1-c1ccccc1)c1ccc(F)cc1. The van der Waals surface area contributed by atoms with Crippen LogP contribution < -0.4 is 11.1 Å². The highest BCUT2D eigenvalue weighted by Crippen LogP contribution is 2.14. The van der Waals surface area contributed by atoms with Crippen molar-refractivity contribution in [3.05, 3.63) is 87.3 Å². The van der Waals surface area contributed by atoms with Gasteiger partial charge >= 0.3 is 5.69 Å². The first-order valence-electron chi connectivity index (χ1n) is 7.21. The third-order valence-electron chi connectivity index (χ3n) is 3.36. The number of aromatic nitrogens is 2. The van der Waals surface area contributed by atoms with E-state index in [1.54, 1.807) is 24.3 Å². The van der Waals surface area contributed by atoms with E-state index in [1.165, 1.54) is 35.0 Å². The topological polar surface area (TPSA) is 79.2 Å². The molecule has 0 saturated heterocycles. The Hall–Kier alpha value is -3.19. The van der Waals surface area contributed by atoms with E-state index in [2.05, 4.69) is 15.5 Å². The molecule has 2 N–H and O–H groups in total. The lowest BCUT2D eigenvalue weighted by Gasteiger charge is -2.04. The number of halogens is 2. The van der Waals surface area contributed by atoms with Crippen molar-refractivity contribution in [2.24, 2.45) is 5.10 Å². The third kappa shape index (κ3) is 3.67. The van der Waals surface area contributed by atoms with Gasteiger partial charge in [-0.15, -0.1) is 0 Å². The molecule has 126 valence electrons. The third-order valence-corrected chi connectivity index (χ3v) is 3.65. The first-order chi connectivity index (χ1) is 12.1. The molecular formula is C17H12ClFN4O2. The van der Waals surface area contributed by atoms with Gasteiger partial charge in [0.05, 0.1) is 11.9 Å². The largest absolute Gasteiger partial charge is 0.331 e. The van der Waals surface area contributed by atoms with Crippen LogP contribution in [0, 0.1) is 5.82 Å². The molecular weight excluding hydrogens is 347 g/mol. The number of amides is 1. The van der Waals surface area contributed by atoms with E-state index < -0.39 is 17.4 Å². The van der Waals surface area contributed by atoms with Gasteiger partial charge in [-0.3, -0.25) is 14.3 Å². The van der Waals surface area contributed by atoms with E-state index in [-0.39, 0.29) is 16.4 Å². The van der Waals surface area contributed by atoms with Crippen LogP contribution in [0.1, 0.15) is 16.1 Å². The number of carbonyl (C=O) groups excluding carboxylic acids is 1. The second-order valence-corrected chi connectivity index (χ2v) is 5.38. The van der Waals surface area contributed by atoms with Gasteiger partial charge in [-0.1, -0.05) is 29.8 Å². The fourth-order valence-electron chi connectivity index (χ4n) is 2.19. The molecule has 0 saturated carbocycles. The minimum atomic E-state index is -0.517. The molecule has 1 heterocycles. The first-order valence-corrected chi connectivity index (χ1v) is 7.59. The number of imidazole rings is 1. The maximum Gasteiger partial charge on any atom is 0.331 e. The Bertz CT molecular complexity index is 978. The maximum atomic E-state index is 12.9. The summed E-state index contributed by atoms with van der Waals surface area (Å²) in [6.07, 6.45) is 1.26. The van der Waals surface area contributed by atoms with E-state index in [9.17, 15) is 14.0 Å². The highest BCUT2D eigenvalue weighted by molar-refractivity contribution is 6.31. The molecule has 3 aromatic rings. The van der Waals surface area contributed by atoms with Gasteiger partial charge in [0, 0.05) is 5.56 Å². The molecule has 0 aliphatic carbocycles. The van der Waals surface area contributed by atoms with E-state index in [0.717, 1.165) is 0 Å². The molecule has 0 unspecified atom stereocenters. The zero-order valence-corrected chi connectivity index (χ0v) is 13.5. The second kappa shape index (κ2) is 7.14. The van der Waals surface area contributed by atoms with Crippen molar-refractivity contribution in [1.29, 1.82) is 0 Å². The Kier molecular flexibility index (Phi) is 4.76. The lowest BCUT2D eigenvalue weighted by atomic mass is 10.2. The molecule has 1 aromatic heterocycles. The van der Waals surface area contributed by atoms with Gasteiger partial charge in [-0.2, -0.15) is 5.10 Å². The fraction of sp³-hybridized carbons (Fsp3) is 0. The Labute approximate surface area is 146 Å². The van der Waals surface area contributed by atoms with Gasteiger partial charge < -0.3 is 0 Å². The molecule has 0 bridgehead atoms. The molecule has 8 heteroatoms. The molecule has 25 heavy (non-hydrogen) atoms.